The fraction of sp³-hybridized carbons (Fsp3) is 0.167. The Morgan fingerprint density at radius 2 is 2.15 bits per heavy atom. The maximum atomic E-state index is 10.9. The lowest BCUT2D eigenvalue weighted by atomic mass is 10.3. The SMILES string of the molecule is Cc1ccc(OCc2cccc(NN)n2)c([N+](=O)[O-])n1. The van der Waals surface area contributed by atoms with Crippen LogP contribution in [0.5, 0.6) is 5.75 Å². The third-order valence-corrected chi connectivity index (χ3v) is 2.48. The lowest BCUT2D eigenvalue weighted by molar-refractivity contribution is -0.390. The maximum Gasteiger partial charge on any atom is 0.406 e. The molecule has 0 unspecified atom stereocenters. The molecular formula is C12H13N5O3. The van der Waals surface area contributed by atoms with Crippen molar-refractivity contribution in [2.75, 3.05) is 5.43 Å². The first-order valence-corrected chi connectivity index (χ1v) is 5.77. The number of hydrogen-bond donors (Lipinski definition) is 2. The number of anilines is 1. The smallest absolute Gasteiger partial charge is 0.406 e. The van der Waals surface area contributed by atoms with E-state index in [1.54, 1.807) is 31.2 Å². The number of rotatable bonds is 5. The van der Waals surface area contributed by atoms with E-state index in [0.29, 0.717) is 17.2 Å². The molecule has 0 saturated carbocycles. The lowest BCUT2D eigenvalue weighted by Crippen LogP contribution is -2.10. The minimum atomic E-state index is -0.576. The molecule has 8 nitrogen and oxygen atoms in total. The Labute approximate surface area is 114 Å². The van der Waals surface area contributed by atoms with E-state index in [1.165, 1.54) is 6.07 Å². The predicted octanol–water partition coefficient (Wildman–Crippen LogP) is 1.56. The van der Waals surface area contributed by atoms with Crippen LogP contribution < -0.4 is 16.0 Å². The van der Waals surface area contributed by atoms with Crippen LogP contribution in [0.25, 0.3) is 0 Å². The van der Waals surface area contributed by atoms with Crippen molar-refractivity contribution in [2.45, 2.75) is 13.5 Å². The highest BCUT2D eigenvalue weighted by atomic mass is 16.6. The second kappa shape index (κ2) is 5.93. The minimum Gasteiger partial charge on any atom is -0.479 e. The molecule has 2 heterocycles. The fourth-order valence-corrected chi connectivity index (χ4v) is 1.57. The maximum absolute atomic E-state index is 10.9. The summed E-state index contributed by atoms with van der Waals surface area (Å²) in [5, 5.41) is 10.9. The average Bonchev–Trinajstić information content (AvgIpc) is 2.46. The molecule has 2 rings (SSSR count). The molecule has 20 heavy (non-hydrogen) atoms. The highest BCUT2D eigenvalue weighted by Gasteiger charge is 2.17. The molecule has 0 spiro atoms. The number of nitrogens with one attached hydrogen (secondary N) is 1. The van der Waals surface area contributed by atoms with E-state index in [2.05, 4.69) is 15.4 Å². The first-order valence-electron chi connectivity index (χ1n) is 5.77. The summed E-state index contributed by atoms with van der Waals surface area (Å²) in [5.74, 6) is 5.54. The summed E-state index contributed by atoms with van der Waals surface area (Å²) < 4.78 is 5.40. The topological polar surface area (TPSA) is 116 Å². The van der Waals surface area contributed by atoms with Gasteiger partial charge in [-0.15, -0.1) is 0 Å². The molecule has 0 aromatic carbocycles. The van der Waals surface area contributed by atoms with Gasteiger partial charge in [-0.2, -0.15) is 0 Å². The van der Waals surface area contributed by atoms with Crippen LogP contribution in [0.3, 0.4) is 0 Å². The van der Waals surface area contributed by atoms with Gasteiger partial charge >= 0.3 is 5.82 Å². The largest absolute Gasteiger partial charge is 0.479 e. The van der Waals surface area contributed by atoms with Gasteiger partial charge in [0.25, 0.3) is 0 Å². The fourth-order valence-electron chi connectivity index (χ4n) is 1.57. The second-order valence-corrected chi connectivity index (χ2v) is 3.98. The number of nitrogens with two attached hydrogens (primary N) is 1. The molecule has 0 fully saturated rings. The Hall–Kier alpha value is -2.74. The molecule has 2 aromatic rings. The van der Waals surface area contributed by atoms with Gasteiger partial charge in [-0.25, -0.2) is 10.8 Å². The molecule has 0 bridgehead atoms. The summed E-state index contributed by atoms with van der Waals surface area (Å²) in [4.78, 5) is 18.3. The number of nitrogens with zero attached hydrogens (tertiary/aromatic N) is 3. The number of pyridine rings is 2. The van der Waals surface area contributed by atoms with Crippen molar-refractivity contribution in [3.63, 3.8) is 0 Å². The van der Waals surface area contributed by atoms with Crippen LogP contribution in [0.2, 0.25) is 0 Å². The monoisotopic (exact) mass is 275 g/mol. The standard InChI is InChI=1S/C12H13N5O3/c1-8-5-6-10(12(14-8)17(18)19)20-7-9-3-2-4-11(15-9)16-13/h2-6H,7,13H2,1H3,(H,15,16). The lowest BCUT2D eigenvalue weighted by Gasteiger charge is -2.07. The summed E-state index contributed by atoms with van der Waals surface area (Å²) in [6.45, 7) is 1.76. The quantitative estimate of drug-likeness (QED) is 0.483. The van der Waals surface area contributed by atoms with Gasteiger partial charge in [0.1, 0.15) is 18.1 Å². The van der Waals surface area contributed by atoms with Gasteiger partial charge in [-0.05, 0) is 34.2 Å². The average molecular weight is 275 g/mol. The van der Waals surface area contributed by atoms with E-state index in [0.717, 1.165) is 0 Å². The highest BCUT2D eigenvalue weighted by molar-refractivity contribution is 5.40. The predicted molar refractivity (Wildman–Crippen MR) is 72.0 cm³/mol. The Kier molecular flexibility index (Phi) is 4.06. The normalized spacial score (nSPS) is 10.1. The Morgan fingerprint density at radius 3 is 2.85 bits per heavy atom. The van der Waals surface area contributed by atoms with Crippen molar-refractivity contribution in [3.8, 4) is 5.75 Å². The Morgan fingerprint density at radius 1 is 1.35 bits per heavy atom. The molecular weight excluding hydrogens is 262 g/mol. The number of nitro groups is 1. The molecule has 0 aliphatic carbocycles. The molecule has 0 aliphatic rings. The number of hydrazine groups is 1. The first kappa shape index (κ1) is 13.7. The molecule has 0 atom stereocenters. The molecule has 8 heteroatoms. The van der Waals surface area contributed by atoms with Crippen molar-refractivity contribution in [3.05, 3.63) is 51.8 Å². The van der Waals surface area contributed by atoms with Crippen molar-refractivity contribution in [1.29, 1.82) is 0 Å². The number of aryl methyl sites for hydroxylation is 1. The Bertz CT molecular complexity index is 632. The second-order valence-electron chi connectivity index (χ2n) is 3.98. The molecule has 2 aromatic heterocycles. The third kappa shape index (κ3) is 3.18. The third-order valence-electron chi connectivity index (χ3n) is 2.48. The molecule has 104 valence electrons. The molecule has 0 aliphatic heterocycles. The van der Waals surface area contributed by atoms with Crippen molar-refractivity contribution in [1.82, 2.24) is 9.97 Å². The molecule has 3 N–H and O–H groups in total. The van der Waals surface area contributed by atoms with E-state index in [-0.39, 0.29) is 18.2 Å². The van der Waals surface area contributed by atoms with Crippen LogP contribution in [0, 0.1) is 17.0 Å². The Balaban J connectivity index is 2.16. The van der Waals surface area contributed by atoms with Crippen molar-refractivity contribution >= 4 is 11.6 Å². The van der Waals surface area contributed by atoms with Crippen LogP contribution in [0.15, 0.2) is 30.3 Å². The number of ether oxygens (including phenoxy) is 1. The molecule has 0 amide bonds. The molecule has 0 saturated heterocycles. The van der Waals surface area contributed by atoms with E-state index in [1.807, 2.05) is 0 Å². The van der Waals surface area contributed by atoms with Gasteiger partial charge in [0.05, 0.1) is 5.69 Å². The zero-order valence-corrected chi connectivity index (χ0v) is 10.7. The van der Waals surface area contributed by atoms with Crippen LogP contribution in [0.4, 0.5) is 11.6 Å². The van der Waals surface area contributed by atoms with Crippen LogP contribution in [0.1, 0.15) is 11.4 Å². The summed E-state index contributed by atoms with van der Waals surface area (Å²) >= 11 is 0. The summed E-state index contributed by atoms with van der Waals surface area (Å²) in [5.41, 5.74) is 3.56. The zero-order chi connectivity index (χ0) is 14.5. The molecule has 0 radical (unpaired) electrons. The van der Waals surface area contributed by atoms with Crippen LogP contribution >= 0.6 is 0 Å². The van der Waals surface area contributed by atoms with E-state index < -0.39 is 4.92 Å². The van der Waals surface area contributed by atoms with Gasteiger partial charge in [0.15, 0.2) is 0 Å². The van der Waals surface area contributed by atoms with Crippen molar-refractivity contribution in [2.24, 2.45) is 5.84 Å². The number of aromatic nitrogens is 2. The number of nitrogen functional groups attached to an aromatic ring is 1. The van der Waals surface area contributed by atoms with E-state index >= 15 is 0 Å². The van der Waals surface area contributed by atoms with Gasteiger partial charge in [0, 0.05) is 6.92 Å². The van der Waals surface area contributed by atoms with Gasteiger partial charge < -0.3 is 20.3 Å². The minimum absolute atomic E-state index is 0.0844. The van der Waals surface area contributed by atoms with Crippen LogP contribution in [-0.4, -0.2) is 14.9 Å². The summed E-state index contributed by atoms with van der Waals surface area (Å²) in [6, 6.07) is 8.34. The van der Waals surface area contributed by atoms with E-state index in [4.69, 9.17) is 10.6 Å². The summed E-state index contributed by atoms with van der Waals surface area (Å²) in [6.07, 6.45) is 0. The zero-order valence-electron chi connectivity index (χ0n) is 10.7. The van der Waals surface area contributed by atoms with Gasteiger partial charge in [-0.1, -0.05) is 6.07 Å². The number of hydrogen-bond acceptors (Lipinski definition) is 7. The first-order chi connectivity index (χ1) is 9.60. The van der Waals surface area contributed by atoms with E-state index in [9.17, 15) is 10.1 Å². The van der Waals surface area contributed by atoms with Gasteiger partial charge in [0.2, 0.25) is 5.75 Å². The summed E-state index contributed by atoms with van der Waals surface area (Å²) in [7, 11) is 0. The van der Waals surface area contributed by atoms with Crippen LogP contribution in [-0.2, 0) is 6.61 Å². The van der Waals surface area contributed by atoms with Crippen molar-refractivity contribution < 1.29 is 9.66 Å². The van der Waals surface area contributed by atoms with Gasteiger partial charge in [-0.3, -0.25) is 0 Å². The highest BCUT2D eigenvalue weighted by Crippen LogP contribution is 2.25.